The summed E-state index contributed by atoms with van der Waals surface area (Å²) in [6, 6.07) is 9.32. The molecule has 0 aliphatic rings. The van der Waals surface area contributed by atoms with Crippen LogP contribution < -0.4 is 10.1 Å². The lowest BCUT2D eigenvalue weighted by atomic mass is 10.1. The van der Waals surface area contributed by atoms with Crippen molar-refractivity contribution in [1.29, 1.82) is 0 Å². The summed E-state index contributed by atoms with van der Waals surface area (Å²) in [5.74, 6) is 0.0537. The van der Waals surface area contributed by atoms with Gasteiger partial charge in [0.1, 0.15) is 11.8 Å². The van der Waals surface area contributed by atoms with Gasteiger partial charge < -0.3 is 14.8 Å². The summed E-state index contributed by atoms with van der Waals surface area (Å²) >= 11 is 2.91. The van der Waals surface area contributed by atoms with E-state index in [0.717, 1.165) is 4.88 Å². The second-order valence-electron chi connectivity index (χ2n) is 5.98. The number of ether oxygens (including phenoxy) is 2. The highest BCUT2D eigenvalue weighted by Crippen LogP contribution is 2.16. The fourth-order valence-corrected chi connectivity index (χ4v) is 3.62. The molecule has 28 heavy (non-hydrogen) atoms. The number of amides is 1. The minimum Gasteiger partial charge on any atom is -0.497 e. The van der Waals surface area contributed by atoms with Gasteiger partial charge in [-0.05, 0) is 61.8 Å². The summed E-state index contributed by atoms with van der Waals surface area (Å²) in [5.41, 5.74) is 0.410. The summed E-state index contributed by atoms with van der Waals surface area (Å²) in [6.07, 6.45) is 2.32. The Morgan fingerprint density at radius 3 is 2.43 bits per heavy atom. The van der Waals surface area contributed by atoms with Crippen molar-refractivity contribution in [3.8, 4) is 5.75 Å². The molecule has 2 rings (SSSR count). The Bertz CT molecular complexity index is 816. The Hall–Kier alpha value is -2.32. The van der Waals surface area contributed by atoms with Crippen LogP contribution >= 0.6 is 23.1 Å². The number of ketones is 1. The summed E-state index contributed by atoms with van der Waals surface area (Å²) in [6.45, 7) is 1.56. The molecule has 0 aliphatic carbocycles. The number of aryl methyl sites for hydroxylation is 1. The first-order valence-corrected chi connectivity index (χ1v) is 10.9. The number of methoxy groups -OCH3 is 1. The first-order chi connectivity index (χ1) is 13.4. The third-order valence-electron chi connectivity index (χ3n) is 3.91. The van der Waals surface area contributed by atoms with Crippen LogP contribution in [0.3, 0.4) is 0 Å². The van der Waals surface area contributed by atoms with E-state index in [9.17, 15) is 14.4 Å². The molecular formula is C20H23NO5S2. The third kappa shape index (κ3) is 6.38. The Balaban J connectivity index is 1.97. The average Bonchev–Trinajstić information content (AvgIpc) is 3.15. The van der Waals surface area contributed by atoms with Gasteiger partial charge in [0, 0.05) is 10.4 Å². The van der Waals surface area contributed by atoms with Gasteiger partial charge in [0.2, 0.25) is 5.78 Å². The van der Waals surface area contributed by atoms with Crippen LogP contribution in [0.25, 0.3) is 0 Å². The van der Waals surface area contributed by atoms with Crippen LogP contribution in [0, 0.1) is 6.92 Å². The van der Waals surface area contributed by atoms with Gasteiger partial charge in [-0.3, -0.25) is 9.59 Å². The average molecular weight is 422 g/mol. The second kappa shape index (κ2) is 10.9. The third-order valence-corrected chi connectivity index (χ3v) is 5.60. The fourth-order valence-electron chi connectivity index (χ4n) is 2.36. The molecule has 0 spiro atoms. The van der Waals surface area contributed by atoms with E-state index in [1.165, 1.54) is 11.3 Å². The molecule has 1 N–H and O–H groups in total. The predicted molar refractivity (Wildman–Crippen MR) is 112 cm³/mol. The van der Waals surface area contributed by atoms with Crippen LogP contribution in [0.5, 0.6) is 5.75 Å². The number of carbonyl (C=O) groups is 3. The summed E-state index contributed by atoms with van der Waals surface area (Å²) in [5, 5.41) is 2.70. The molecule has 0 saturated carbocycles. The summed E-state index contributed by atoms with van der Waals surface area (Å²) in [4.78, 5) is 38.6. The molecule has 0 fully saturated rings. The van der Waals surface area contributed by atoms with E-state index in [4.69, 9.17) is 9.47 Å². The zero-order valence-corrected chi connectivity index (χ0v) is 17.7. The van der Waals surface area contributed by atoms with Crippen molar-refractivity contribution < 1.29 is 23.9 Å². The van der Waals surface area contributed by atoms with E-state index in [1.807, 2.05) is 19.2 Å². The number of hydrogen-bond donors (Lipinski definition) is 1. The molecule has 1 aromatic heterocycles. The zero-order chi connectivity index (χ0) is 20.5. The number of carbonyl (C=O) groups excluding carboxylic acids is 3. The van der Waals surface area contributed by atoms with Crippen LogP contribution in [0.4, 0.5) is 0 Å². The number of benzene rings is 1. The smallest absolute Gasteiger partial charge is 0.329 e. The van der Waals surface area contributed by atoms with E-state index in [0.29, 0.717) is 28.4 Å². The van der Waals surface area contributed by atoms with Crippen molar-refractivity contribution in [2.24, 2.45) is 0 Å². The number of thioether (sulfide) groups is 1. The Kier molecular flexibility index (Phi) is 8.53. The fraction of sp³-hybridized carbons (Fsp3) is 0.350. The van der Waals surface area contributed by atoms with E-state index < -0.39 is 12.0 Å². The molecule has 0 radical (unpaired) electrons. The molecule has 1 heterocycles. The molecule has 1 amide bonds. The number of thiophene rings is 1. The molecular weight excluding hydrogens is 398 g/mol. The highest BCUT2D eigenvalue weighted by atomic mass is 32.2. The monoisotopic (exact) mass is 421 g/mol. The van der Waals surface area contributed by atoms with Gasteiger partial charge >= 0.3 is 5.97 Å². The van der Waals surface area contributed by atoms with Crippen LogP contribution in [0.2, 0.25) is 0 Å². The molecule has 1 atom stereocenters. The van der Waals surface area contributed by atoms with E-state index in [2.05, 4.69) is 5.32 Å². The first kappa shape index (κ1) is 22.0. The highest BCUT2D eigenvalue weighted by molar-refractivity contribution is 7.98. The molecule has 0 aliphatic heterocycles. The van der Waals surface area contributed by atoms with Gasteiger partial charge in [-0.15, -0.1) is 11.3 Å². The number of rotatable bonds is 10. The van der Waals surface area contributed by atoms with Crippen LogP contribution in [-0.2, 0) is 9.53 Å². The molecule has 150 valence electrons. The maximum atomic E-state index is 12.5. The van der Waals surface area contributed by atoms with Gasteiger partial charge in [0.05, 0.1) is 12.0 Å². The molecule has 0 bridgehead atoms. The van der Waals surface area contributed by atoms with E-state index in [1.54, 1.807) is 49.2 Å². The predicted octanol–water partition coefficient (Wildman–Crippen LogP) is 3.34. The van der Waals surface area contributed by atoms with Crippen LogP contribution in [0.1, 0.15) is 31.3 Å². The van der Waals surface area contributed by atoms with Crippen LogP contribution in [0.15, 0.2) is 36.4 Å². The minimum atomic E-state index is -0.820. The Labute approximate surface area is 172 Å². The molecule has 0 unspecified atom stereocenters. The number of hydrogen-bond acceptors (Lipinski definition) is 7. The lowest BCUT2D eigenvalue weighted by molar-refractivity contribution is -0.144. The molecule has 1 aromatic carbocycles. The van der Waals surface area contributed by atoms with Crippen molar-refractivity contribution in [3.63, 3.8) is 0 Å². The lowest BCUT2D eigenvalue weighted by Gasteiger charge is -2.17. The quantitative estimate of drug-likeness (QED) is 0.468. The number of Topliss-reactive ketones (excluding diaryl/α,β-unsaturated/α-hetero) is 1. The van der Waals surface area contributed by atoms with Crippen molar-refractivity contribution >= 4 is 40.8 Å². The maximum Gasteiger partial charge on any atom is 0.329 e. The standard InChI is InChI=1S/C20H23NO5S2/c1-13-4-9-18(28-13)17(22)12-26-20(24)16(10-11-27-3)21-19(23)14-5-7-15(25-2)8-6-14/h4-9,16H,10-12H2,1-3H3,(H,21,23)/t16-/m0/s1. The minimum absolute atomic E-state index is 0.253. The van der Waals surface area contributed by atoms with Gasteiger partial charge in [0.15, 0.2) is 6.61 Å². The van der Waals surface area contributed by atoms with Crippen LogP contribution in [-0.4, -0.2) is 49.4 Å². The molecule has 8 heteroatoms. The molecule has 2 aromatic rings. The highest BCUT2D eigenvalue weighted by Gasteiger charge is 2.24. The van der Waals surface area contributed by atoms with E-state index >= 15 is 0 Å². The number of nitrogens with one attached hydrogen (secondary N) is 1. The lowest BCUT2D eigenvalue weighted by Crippen LogP contribution is -2.42. The summed E-state index contributed by atoms with van der Waals surface area (Å²) in [7, 11) is 1.54. The summed E-state index contributed by atoms with van der Waals surface area (Å²) < 4.78 is 10.2. The van der Waals surface area contributed by atoms with Gasteiger partial charge in [0.25, 0.3) is 5.91 Å². The van der Waals surface area contributed by atoms with Crippen molar-refractivity contribution in [1.82, 2.24) is 5.32 Å². The molecule has 6 nitrogen and oxygen atoms in total. The van der Waals surface area contributed by atoms with Gasteiger partial charge in [-0.1, -0.05) is 0 Å². The topological polar surface area (TPSA) is 81.7 Å². The Morgan fingerprint density at radius 2 is 1.86 bits per heavy atom. The first-order valence-electron chi connectivity index (χ1n) is 8.64. The zero-order valence-electron chi connectivity index (χ0n) is 16.0. The normalized spacial score (nSPS) is 11.5. The van der Waals surface area contributed by atoms with Gasteiger partial charge in [-0.2, -0.15) is 11.8 Å². The SMILES string of the molecule is COc1ccc(C(=O)N[C@@H](CCSC)C(=O)OCC(=O)c2ccc(C)s2)cc1. The second-order valence-corrected chi connectivity index (χ2v) is 8.25. The van der Waals surface area contributed by atoms with Gasteiger partial charge in [-0.25, -0.2) is 4.79 Å². The maximum absolute atomic E-state index is 12.5. The molecule has 0 saturated heterocycles. The van der Waals surface area contributed by atoms with E-state index in [-0.39, 0.29) is 18.3 Å². The number of esters is 1. The van der Waals surface area contributed by atoms with Crippen molar-refractivity contribution in [3.05, 3.63) is 51.7 Å². The van der Waals surface area contributed by atoms with Crippen molar-refractivity contribution in [2.45, 2.75) is 19.4 Å². The largest absolute Gasteiger partial charge is 0.497 e. The Morgan fingerprint density at radius 1 is 1.14 bits per heavy atom. The van der Waals surface area contributed by atoms with Crippen molar-refractivity contribution in [2.75, 3.05) is 25.7 Å².